The van der Waals surface area contributed by atoms with Crippen molar-refractivity contribution in [2.24, 2.45) is 0 Å². The third-order valence-corrected chi connectivity index (χ3v) is 5.09. The molecule has 0 atom stereocenters. The number of rotatable bonds is 5. The van der Waals surface area contributed by atoms with Gasteiger partial charge in [0, 0.05) is 47.7 Å². The molecular formula is C23H31N3O2. The summed E-state index contributed by atoms with van der Waals surface area (Å²) in [6.45, 7) is 7.34. The van der Waals surface area contributed by atoms with E-state index < -0.39 is 0 Å². The van der Waals surface area contributed by atoms with Crippen molar-refractivity contribution in [3.05, 3.63) is 54.0 Å². The van der Waals surface area contributed by atoms with Crippen molar-refractivity contribution in [3.8, 4) is 5.75 Å². The third kappa shape index (κ3) is 4.14. The number of carbonyl (C=O) groups excluding carboxylic acids is 1. The first-order valence-electron chi connectivity index (χ1n) is 9.74. The molecule has 5 heteroatoms. The molecule has 1 aliphatic rings. The van der Waals surface area contributed by atoms with Crippen molar-refractivity contribution >= 4 is 16.8 Å². The van der Waals surface area contributed by atoms with Crippen LogP contribution in [0.5, 0.6) is 5.75 Å². The van der Waals surface area contributed by atoms with Crippen molar-refractivity contribution < 1.29 is 9.53 Å². The monoisotopic (exact) mass is 381 g/mol. The molecule has 1 aromatic carbocycles. The Morgan fingerprint density at radius 1 is 1.25 bits per heavy atom. The lowest BCUT2D eigenvalue weighted by Gasteiger charge is -2.34. The Morgan fingerprint density at radius 2 is 2.00 bits per heavy atom. The summed E-state index contributed by atoms with van der Waals surface area (Å²) < 4.78 is 7.19. The van der Waals surface area contributed by atoms with Crippen LogP contribution in [0.2, 0.25) is 0 Å². The van der Waals surface area contributed by atoms with Gasteiger partial charge in [-0.25, -0.2) is 0 Å². The zero-order chi connectivity index (χ0) is 20.5. The molecule has 0 saturated heterocycles. The van der Waals surface area contributed by atoms with Crippen molar-refractivity contribution in [2.45, 2.75) is 39.2 Å². The molecule has 2 heterocycles. The molecule has 0 bridgehead atoms. The third-order valence-electron chi connectivity index (χ3n) is 5.09. The van der Waals surface area contributed by atoms with Crippen molar-refractivity contribution in [1.29, 1.82) is 0 Å². The Balaban J connectivity index is 2.03. The van der Waals surface area contributed by atoms with E-state index in [1.165, 1.54) is 5.56 Å². The number of fused-ring (bicyclic) bond motifs is 1. The highest BCUT2D eigenvalue weighted by molar-refractivity contribution is 6.03. The summed E-state index contributed by atoms with van der Waals surface area (Å²) in [5, 5.41) is 1.11. The van der Waals surface area contributed by atoms with Gasteiger partial charge in [-0.2, -0.15) is 0 Å². The van der Waals surface area contributed by atoms with E-state index in [-0.39, 0.29) is 11.4 Å². The zero-order valence-electron chi connectivity index (χ0n) is 17.8. The SMILES string of the molecule is COc1ccc2c(CCN(C)C)cn(C(=O)C3=CN(C(C)(C)C)C=CC3)c2c1. The van der Waals surface area contributed by atoms with E-state index in [2.05, 4.69) is 63.0 Å². The lowest BCUT2D eigenvalue weighted by Crippen LogP contribution is -2.35. The number of hydrogen-bond acceptors (Lipinski definition) is 4. The van der Waals surface area contributed by atoms with Crippen LogP contribution in [0, 0.1) is 0 Å². The van der Waals surface area contributed by atoms with Gasteiger partial charge in [0.25, 0.3) is 5.91 Å². The second-order valence-electron chi connectivity index (χ2n) is 8.59. The summed E-state index contributed by atoms with van der Waals surface area (Å²) in [7, 11) is 5.78. The minimum atomic E-state index is -0.0682. The molecule has 3 rings (SSSR count). The highest BCUT2D eigenvalue weighted by Crippen LogP contribution is 2.29. The molecule has 0 radical (unpaired) electrons. The fraction of sp³-hybridized carbons (Fsp3) is 0.435. The smallest absolute Gasteiger partial charge is 0.260 e. The van der Waals surface area contributed by atoms with Crippen LogP contribution in [-0.2, 0) is 6.42 Å². The summed E-state index contributed by atoms with van der Waals surface area (Å²) >= 11 is 0. The Labute approximate surface area is 167 Å². The van der Waals surface area contributed by atoms with Gasteiger partial charge in [0.2, 0.25) is 0 Å². The average molecular weight is 382 g/mol. The maximum Gasteiger partial charge on any atom is 0.260 e. The number of likely N-dealkylation sites (N-methyl/N-ethyl adjacent to an activating group) is 1. The molecule has 28 heavy (non-hydrogen) atoms. The molecule has 0 fully saturated rings. The molecule has 1 aromatic heterocycles. The fourth-order valence-electron chi connectivity index (χ4n) is 3.39. The predicted octanol–water partition coefficient (Wildman–Crippen LogP) is 4.30. The van der Waals surface area contributed by atoms with Crippen molar-refractivity contribution in [3.63, 3.8) is 0 Å². The molecule has 5 nitrogen and oxygen atoms in total. The molecule has 0 amide bonds. The fourth-order valence-corrected chi connectivity index (χ4v) is 3.39. The highest BCUT2D eigenvalue weighted by atomic mass is 16.5. The molecule has 150 valence electrons. The Hall–Kier alpha value is -2.53. The number of benzene rings is 1. The van der Waals surface area contributed by atoms with E-state index in [1.54, 1.807) is 11.7 Å². The molecule has 0 aliphatic carbocycles. The first-order chi connectivity index (χ1) is 13.2. The number of ether oxygens (including phenoxy) is 1. The number of carbonyl (C=O) groups is 1. The molecule has 0 N–H and O–H groups in total. The number of aromatic nitrogens is 1. The normalized spacial score (nSPS) is 14.7. The average Bonchev–Trinajstić information content (AvgIpc) is 3.03. The van der Waals surface area contributed by atoms with Crippen LogP contribution in [0.3, 0.4) is 0 Å². The van der Waals surface area contributed by atoms with Gasteiger partial charge in [-0.1, -0.05) is 6.08 Å². The molecule has 2 aromatic rings. The first-order valence-corrected chi connectivity index (χ1v) is 9.74. The summed E-state index contributed by atoms with van der Waals surface area (Å²) in [5.74, 6) is 0.778. The van der Waals surface area contributed by atoms with Crippen LogP contribution in [-0.4, -0.2) is 53.6 Å². The standard InChI is InChI=1S/C23H31N3O2/c1-23(2,3)25-12-7-8-18(15-25)22(27)26-16-17(11-13-24(4)5)20-10-9-19(28-6)14-21(20)26/h7,9-10,12,14-16H,8,11,13H2,1-6H3. The Bertz CT molecular complexity index is 929. The lowest BCUT2D eigenvalue weighted by molar-refractivity contribution is 0.0953. The number of allylic oxidation sites excluding steroid dienone is 2. The van der Waals surface area contributed by atoms with E-state index in [4.69, 9.17) is 4.74 Å². The van der Waals surface area contributed by atoms with Crippen LogP contribution < -0.4 is 4.74 Å². The zero-order valence-corrected chi connectivity index (χ0v) is 17.8. The summed E-state index contributed by atoms with van der Waals surface area (Å²) in [5.41, 5.74) is 2.80. The number of nitrogens with zero attached hydrogens (tertiary/aromatic N) is 3. The molecule has 0 unspecified atom stereocenters. The van der Waals surface area contributed by atoms with E-state index in [1.807, 2.05) is 24.5 Å². The van der Waals surface area contributed by atoms with Crippen LogP contribution in [0.1, 0.15) is 37.6 Å². The Morgan fingerprint density at radius 3 is 2.64 bits per heavy atom. The summed E-state index contributed by atoms with van der Waals surface area (Å²) in [6.07, 6.45) is 9.61. The molecule has 0 saturated carbocycles. The van der Waals surface area contributed by atoms with Gasteiger partial charge in [0.1, 0.15) is 5.75 Å². The first kappa shape index (κ1) is 20.2. The topological polar surface area (TPSA) is 37.7 Å². The van der Waals surface area contributed by atoms with Crippen molar-refractivity contribution in [1.82, 2.24) is 14.4 Å². The van der Waals surface area contributed by atoms with Crippen LogP contribution in [0.15, 0.2) is 48.4 Å². The van der Waals surface area contributed by atoms with E-state index in [9.17, 15) is 4.79 Å². The summed E-state index contributed by atoms with van der Waals surface area (Å²) in [6, 6.07) is 5.97. The lowest BCUT2D eigenvalue weighted by atomic mass is 10.0. The van der Waals surface area contributed by atoms with Gasteiger partial charge in [0.05, 0.1) is 12.6 Å². The van der Waals surface area contributed by atoms with Crippen LogP contribution in [0.4, 0.5) is 0 Å². The van der Waals surface area contributed by atoms with Gasteiger partial charge in [-0.15, -0.1) is 0 Å². The molecular weight excluding hydrogens is 350 g/mol. The van der Waals surface area contributed by atoms with E-state index in [0.717, 1.165) is 35.2 Å². The number of methoxy groups -OCH3 is 1. The quantitative estimate of drug-likeness (QED) is 0.774. The van der Waals surface area contributed by atoms with Crippen LogP contribution >= 0.6 is 0 Å². The second kappa shape index (κ2) is 7.84. The van der Waals surface area contributed by atoms with Gasteiger partial charge < -0.3 is 14.5 Å². The minimum absolute atomic E-state index is 0.0213. The Kier molecular flexibility index (Phi) is 5.66. The van der Waals surface area contributed by atoms with Crippen LogP contribution in [0.25, 0.3) is 10.9 Å². The van der Waals surface area contributed by atoms with Gasteiger partial charge in [-0.3, -0.25) is 9.36 Å². The maximum absolute atomic E-state index is 13.4. The number of hydrogen-bond donors (Lipinski definition) is 0. The predicted molar refractivity (Wildman–Crippen MR) is 115 cm³/mol. The van der Waals surface area contributed by atoms with E-state index >= 15 is 0 Å². The maximum atomic E-state index is 13.4. The van der Waals surface area contributed by atoms with Gasteiger partial charge >= 0.3 is 0 Å². The van der Waals surface area contributed by atoms with Crippen molar-refractivity contribution in [2.75, 3.05) is 27.7 Å². The largest absolute Gasteiger partial charge is 0.497 e. The molecule has 1 aliphatic heterocycles. The highest BCUT2D eigenvalue weighted by Gasteiger charge is 2.23. The van der Waals surface area contributed by atoms with E-state index in [0.29, 0.717) is 6.42 Å². The molecule has 0 spiro atoms. The summed E-state index contributed by atoms with van der Waals surface area (Å²) in [4.78, 5) is 17.7. The van der Waals surface area contributed by atoms with Gasteiger partial charge in [0.15, 0.2) is 0 Å². The van der Waals surface area contributed by atoms with Gasteiger partial charge in [-0.05, 0) is 65.4 Å². The minimum Gasteiger partial charge on any atom is -0.497 e. The second-order valence-corrected chi connectivity index (χ2v) is 8.59.